The van der Waals surface area contributed by atoms with Crippen LogP contribution in [0.5, 0.6) is 5.75 Å². The smallest absolute Gasteiger partial charge is 0.138 e. The Kier molecular flexibility index (Phi) is 8.80. The van der Waals surface area contributed by atoms with E-state index in [1.807, 2.05) is 48.8 Å². The second-order valence-corrected chi connectivity index (χ2v) is 8.99. The van der Waals surface area contributed by atoms with E-state index in [2.05, 4.69) is 24.0 Å². The largest absolute Gasteiger partial charge is 0.492 e. The van der Waals surface area contributed by atoms with Crippen molar-refractivity contribution >= 4 is 17.4 Å². The van der Waals surface area contributed by atoms with Crippen molar-refractivity contribution in [2.45, 2.75) is 57.8 Å². The summed E-state index contributed by atoms with van der Waals surface area (Å²) in [6.45, 7) is 6.90. The highest BCUT2D eigenvalue weighted by molar-refractivity contribution is 7.98. The molecule has 1 fully saturated rings. The summed E-state index contributed by atoms with van der Waals surface area (Å²) in [5.41, 5.74) is 3.53. The van der Waals surface area contributed by atoms with Crippen LogP contribution in [-0.4, -0.2) is 22.2 Å². The van der Waals surface area contributed by atoms with E-state index < -0.39 is 0 Å². The fourth-order valence-electron chi connectivity index (χ4n) is 4.58. The Morgan fingerprint density at radius 2 is 1.94 bits per heavy atom. The average Bonchev–Trinajstić information content (AvgIpc) is 3.32. The van der Waals surface area contributed by atoms with Gasteiger partial charge in [-0.1, -0.05) is 46.1 Å². The van der Waals surface area contributed by atoms with Crippen LogP contribution in [0.4, 0.5) is 0 Å². The number of rotatable bonds is 6. The predicted molar refractivity (Wildman–Crippen MR) is 134 cm³/mol. The third kappa shape index (κ3) is 5.34. The van der Waals surface area contributed by atoms with Crippen LogP contribution in [0.15, 0.2) is 41.4 Å². The summed E-state index contributed by atoms with van der Waals surface area (Å²) < 4.78 is 8.13. The summed E-state index contributed by atoms with van der Waals surface area (Å²) >= 11 is 1.53. The molecule has 2 atom stereocenters. The minimum atomic E-state index is 0.523. The van der Waals surface area contributed by atoms with Crippen LogP contribution < -0.4 is 4.74 Å². The van der Waals surface area contributed by atoms with Gasteiger partial charge in [-0.2, -0.15) is 10.5 Å². The van der Waals surface area contributed by atoms with Crippen molar-refractivity contribution in [3.8, 4) is 29.1 Å². The topological polar surface area (TPSA) is 74.1 Å². The predicted octanol–water partition coefficient (Wildman–Crippen LogP) is 7.09. The maximum absolute atomic E-state index is 9.82. The van der Waals surface area contributed by atoms with Crippen molar-refractivity contribution in [1.29, 1.82) is 10.5 Å². The first-order chi connectivity index (χ1) is 16.2. The monoisotopic (exact) mass is 460 g/mol. The second-order valence-electron chi connectivity index (χ2n) is 8.14. The summed E-state index contributed by atoms with van der Waals surface area (Å²) in [4.78, 5) is 5.34. The first-order valence-electron chi connectivity index (χ1n) is 11.8. The van der Waals surface area contributed by atoms with Gasteiger partial charge in [0, 0.05) is 10.5 Å². The number of benzene rings is 1. The standard InChI is InChI=1S/C25H26N4OS.C2H6/c1-3-17-6-4-7-18(10-17)16-30-23-11-19(12-24(31-2)21(23)14-27)22-15-28-25-9-5-8-20(13-26)29(22)25;1-2/h5,8-9,11-12,15,17-18H,3-4,6-7,10,16H2,1-2H3;1-2H3. The lowest BCUT2D eigenvalue weighted by Crippen LogP contribution is -2.21. The van der Waals surface area contributed by atoms with Crippen molar-refractivity contribution in [2.24, 2.45) is 11.8 Å². The van der Waals surface area contributed by atoms with Crippen molar-refractivity contribution in [3.05, 3.63) is 47.8 Å². The van der Waals surface area contributed by atoms with E-state index in [9.17, 15) is 10.5 Å². The van der Waals surface area contributed by atoms with Gasteiger partial charge in [0.15, 0.2) is 0 Å². The molecule has 0 saturated heterocycles. The number of aromatic nitrogens is 2. The SMILES string of the molecule is CC.CCC1CCCC(COc2cc(-c3cnc4cccc(C#N)n34)cc(SC)c2C#N)C1. The Balaban J connectivity index is 0.00000149. The minimum Gasteiger partial charge on any atom is -0.492 e. The Morgan fingerprint density at radius 3 is 2.64 bits per heavy atom. The highest BCUT2D eigenvalue weighted by atomic mass is 32.2. The molecular weight excluding hydrogens is 428 g/mol. The molecule has 0 aliphatic heterocycles. The first kappa shape index (κ1) is 24.7. The normalized spacial score (nSPS) is 17.5. The van der Waals surface area contributed by atoms with E-state index in [-0.39, 0.29) is 0 Å². The van der Waals surface area contributed by atoms with Crippen LogP contribution in [0.1, 0.15) is 64.1 Å². The Morgan fingerprint density at radius 1 is 1.15 bits per heavy atom. The van der Waals surface area contributed by atoms with Gasteiger partial charge >= 0.3 is 0 Å². The highest BCUT2D eigenvalue weighted by Crippen LogP contribution is 2.37. The molecule has 0 radical (unpaired) electrons. The fourth-order valence-corrected chi connectivity index (χ4v) is 5.18. The number of nitriles is 2. The van der Waals surface area contributed by atoms with Crippen molar-refractivity contribution < 1.29 is 4.74 Å². The molecule has 33 heavy (non-hydrogen) atoms. The van der Waals surface area contributed by atoms with Gasteiger partial charge in [-0.05, 0) is 55.2 Å². The van der Waals surface area contributed by atoms with Crippen molar-refractivity contribution in [2.75, 3.05) is 12.9 Å². The molecular formula is C27H32N4OS. The summed E-state index contributed by atoms with van der Waals surface area (Å²) in [5.74, 6) is 1.94. The fraction of sp³-hybridized carbons (Fsp3) is 0.444. The summed E-state index contributed by atoms with van der Waals surface area (Å²) in [7, 11) is 0. The van der Waals surface area contributed by atoms with Crippen LogP contribution in [0, 0.1) is 34.5 Å². The van der Waals surface area contributed by atoms with E-state index >= 15 is 0 Å². The number of imidazole rings is 1. The maximum atomic E-state index is 9.82. The zero-order valence-electron chi connectivity index (χ0n) is 20.0. The molecule has 0 amide bonds. The lowest BCUT2D eigenvalue weighted by molar-refractivity contribution is 0.173. The van der Waals surface area contributed by atoms with E-state index in [0.29, 0.717) is 29.5 Å². The van der Waals surface area contributed by atoms with Crippen LogP contribution in [0.25, 0.3) is 16.9 Å². The second kappa shape index (κ2) is 11.8. The van der Waals surface area contributed by atoms with Gasteiger partial charge in [-0.15, -0.1) is 11.8 Å². The number of hydrogen-bond donors (Lipinski definition) is 0. The molecule has 1 aliphatic carbocycles. The third-order valence-corrected chi connectivity index (χ3v) is 7.04. The Labute approximate surface area is 201 Å². The molecule has 0 bridgehead atoms. The van der Waals surface area contributed by atoms with E-state index in [4.69, 9.17) is 4.74 Å². The first-order valence-corrected chi connectivity index (χ1v) is 13.0. The summed E-state index contributed by atoms with van der Waals surface area (Å²) in [5, 5.41) is 19.4. The number of ether oxygens (including phenoxy) is 1. The minimum absolute atomic E-state index is 0.523. The lowest BCUT2D eigenvalue weighted by Gasteiger charge is -2.28. The molecule has 1 aromatic carbocycles. The number of thioether (sulfide) groups is 1. The van der Waals surface area contributed by atoms with Crippen molar-refractivity contribution in [1.82, 2.24) is 9.38 Å². The molecule has 5 nitrogen and oxygen atoms in total. The molecule has 1 saturated carbocycles. The summed E-state index contributed by atoms with van der Waals surface area (Å²) in [6, 6.07) is 14.0. The lowest BCUT2D eigenvalue weighted by atomic mass is 9.80. The van der Waals surface area contributed by atoms with E-state index in [1.54, 1.807) is 12.3 Å². The molecule has 2 unspecified atom stereocenters. The zero-order chi connectivity index (χ0) is 23.8. The number of hydrogen-bond acceptors (Lipinski definition) is 5. The van der Waals surface area contributed by atoms with Gasteiger partial charge in [0.25, 0.3) is 0 Å². The van der Waals surface area contributed by atoms with E-state index in [1.165, 1.54) is 43.9 Å². The maximum Gasteiger partial charge on any atom is 0.138 e. The molecule has 4 rings (SSSR count). The van der Waals surface area contributed by atoms with Gasteiger partial charge in [-0.3, -0.25) is 4.40 Å². The highest BCUT2D eigenvalue weighted by Gasteiger charge is 2.22. The number of fused-ring (bicyclic) bond motifs is 1. The quantitative estimate of drug-likeness (QED) is 0.367. The van der Waals surface area contributed by atoms with Gasteiger partial charge < -0.3 is 4.74 Å². The molecule has 2 aromatic heterocycles. The number of nitrogens with zero attached hydrogens (tertiary/aromatic N) is 4. The molecule has 1 aliphatic rings. The van der Waals surface area contributed by atoms with E-state index in [0.717, 1.165) is 27.7 Å². The van der Waals surface area contributed by atoms with Crippen LogP contribution >= 0.6 is 11.8 Å². The van der Waals surface area contributed by atoms with Crippen molar-refractivity contribution in [3.63, 3.8) is 0 Å². The Hall–Kier alpha value is -2.96. The van der Waals surface area contributed by atoms with Gasteiger partial charge in [0.2, 0.25) is 0 Å². The molecule has 0 N–H and O–H groups in total. The van der Waals surface area contributed by atoms with Crippen LogP contribution in [-0.2, 0) is 0 Å². The number of pyridine rings is 1. The third-order valence-electron chi connectivity index (χ3n) is 6.28. The van der Waals surface area contributed by atoms with Crippen LogP contribution in [0.2, 0.25) is 0 Å². The molecule has 172 valence electrons. The summed E-state index contributed by atoms with van der Waals surface area (Å²) in [6.07, 6.45) is 9.93. The molecule has 2 heterocycles. The van der Waals surface area contributed by atoms with Gasteiger partial charge in [0.1, 0.15) is 34.8 Å². The van der Waals surface area contributed by atoms with Gasteiger partial charge in [-0.25, -0.2) is 4.98 Å². The van der Waals surface area contributed by atoms with Gasteiger partial charge in [0.05, 0.1) is 18.5 Å². The molecule has 3 aromatic rings. The average molecular weight is 461 g/mol. The Bertz CT molecular complexity index is 1170. The van der Waals surface area contributed by atoms with Crippen LogP contribution in [0.3, 0.4) is 0 Å². The zero-order valence-corrected chi connectivity index (χ0v) is 20.8. The molecule has 6 heteroatoms. The molecule has 0 spiro atoms.